The monoisotopic (exact) mass is 294 g/mol. The van der Waals surface area contributed by atoms with Crippen LogP contribution in [0, 0.1) is 5.82 Å². The zero-order chi connectivity index (χ0) is 14.9. The molecule has 0 aliphatic carbocycles. The number of aryl methyl sites for hydroxylation is 1. The average Bonchev–Trinajstić information content (AvgIpc) is 2.52. The SMILES string of the molecule is CCc1ncnc(N2CCC3(CC2)CNC(=O)CO3)c1F. The first-order valence-electron chi connectivity index (χ1n) is 7.28. The lowest BCUT2D eigenvalue weighted by atomic mass is 9.90. The molecule has 1 N–H and O–H groups in total. The molecule has 0 atom stereocenters. The Labute approximate surface area is 122 Å². The molecule has 0 radical (unpaired) electrons. The summed E-state index contributed by atoms with van der Waals surface area (Å²) < 4.78 is 20.0. The van der Waals surface area contributed by atoms with Crippen molar-refractivity contribution < 1.29 is 13.9 Å². The number of carbonyl (C=O) groups excluding carboxylic acids is 1. The lowest BCUT2D eigenvalue weighted by Gasteiger charge is -2.44. The summed E-state index contributed by atoms with van der Waals surface area (Å²) >= 11 is 0. The fraction of sp³-hybridized carbons (Fsp3) is 0.643. The number of amides is 1. The minimum atomic E-state index is -0.325. The number of ether oxygens (including phenoxy) is 1. The molecule has 1 aromatic heterocycles. The van der Waals surface area contributed by atoms with E-state index in [9.17, 15) is 9.18 Å². The Morgan fingerprint density at radius 2 is 2.19 bits per heavy atom. The van der Waals surface area contributed by atoms with Gasteiger partial charge in [0.1, 0.15) is 12.9 Å². The van der Waals surface area contributed by atoms with Gasteiger partial charge in [0.2, 0.25) is 5.91 Å². The first-order valence-corrected chi connectivity index (χ1v) is 7.28. The molecule has 0 saturated carbocycles. The Kier molecular flexibility index (Phi) is 3.75. The van der Waals surface area contributed by atoms with E-state index in [1.165, 1.54) is 6.33 Å². The van der Waals surface area contributed by atoms with Gasteiger partial charge in [0.15, 0.2) is 11.6 Å². The molecular formula is C14H19FN4O2. The predicted molar refractivity (Wildman–Crippen MR) is 74.5 cm³/mol. The van der Waals surface area contributed by atoms with Gasteiger partial charge in [0, 0.05) is 19.6 Å². The van der Waals surface area contributed by atoms with Crippen molar-refractivity contribution in [3.8, 4) is 0 Å². The smallest absolute Gasteiger partial charge is 0.246 e. The van der Waals surface area contributed by atoms with Gasteiger partial charge in [0.05, 0.1) is 11.3 Å². The summed E-state index contributed by atoms with van der Waals surface area (Å²) in [5, 5.41) is 2.84. The number of nitrogens with zero attached hydrogens (tertiary/aromatic N) is 3. The molecule has 0 bridgehead atoms. The molecule has 21 heavy (non-hydrogen) atoms. The van der Waals surface area contributed by atoms with E-state index in [1.807, 2.05) is 11.8 Å². The molecule has 7 heteroatoms. The highest BCUT2D eigenvalue weighted by molar-refractivity contribution is 5.78. The van der Waals surface area contributed by atoms with Gasteiger partial charge < -0.3 is 15.0 Å². The summed E-state index contributed by atoms with van der Waals surface area (Å²) in [7, 11) is 0. The molecule has 2 aliphatic rings. The number of rotatable bonds is 2. The molecule has 3 heterocycles. The Bertz CT molecular complexity index is 532. The van der Waals surface area contributed by atoms with Crippen LogP contribution in [-0.2, 0) is 16.0 Å². The minimum absolute atomic E-state index is 0.0718. The second-order valence-corrected chi connectivity index (χ2v) is 5.55. The van der Waals surface area contributed by atoms with Gasteiger partial charge in [0.25, 0.3) is 0 Å². The minimum Gasteiger partial charge on any atom is -0.363 e. The third-order valence-corrected chi connectivity index (χ3v) is 4.27. The molecule has 0 aromatic carbocycles. The maximum atomic E-state index is 14.3. The average molecular weight is 294 g/mol. The molecule has 114 valence electrons. The number of carbonyl (C=O) groups is 1. The fourth-order valence-corrected chi connectivity index (χ4v) is 2.89. The summed E-state index contributed by atoms with van der Waals surface area (Å²) in [6.45, 7) is 3.84. The van der Waals surface area contributed by atoms with Crippen LogP contribution in [0.4, 0.5) is 10.2 Å². The van der Waals surface area contributed by atoms with Gasteiger partial charge in [-0.05, 0) is 19.3 Å². The van der Waals surface area contributed by atoms with E-state index < -0.39 is 0 Å². The highest BCUT2D eigenvalue weighted by atomic mass is 19.1. The lowest BCUT2D eigenvalue weighted by molar-refractivity contribution is -0.146. The zero-order valence-corrected chi connectivity index (χ0v) is 12.1. The quantitative estimate of drug-likeness (QED) is 0.868. The van der Waals surface area contributed by atoms with Gasteiger partial charge in [-0.2, -0.15) is 0 Å². The number of piperidine rings is 1. The van der Waals surface area contributed by atoms with Crippen LogP contribution in [0.15, 0.2) is 6.33 Å². The van der Waals surface area contributed by atoms with Crippen LogP contribution < -0.4 is 10.2 Å². The summed E-state index contributed by atoms with van der Waals surface area (Å²) in [5.74, 6) is -0.0251. The predicted octanol–water partition coefficient (Wildman–Crippen LogP) is 0.663. The van der Waals surface area contributed by atoms with Crippen molar-refractivity contribution in [2.75, 3.05) is 31.1 Å². The number of morpholine rings is 1. The normalized spacial score (nSPS) is 21.4. The van der Waals surface area contributed by atoms with Crippen molar-refractivity contribution in [3.05, 3.63) is 17.8 Å². The maximum Gasteiger partial charge on any atom is 0.246 e. The third kappa shape index (κ3) is 2.70. The van der Waals surface area contributed by atoms with E-state index in [2.05, 4.69) is 15.3 Å². The summed E-state index contributed by atoms with van der Waals surface area (Å²) in [6.07, 6.45) is 3.46. The van der Waals surface area contributed by atoms with E-state index in [0.29, 0.717) is 37.6 Å². The molecule has 3 rings (SSSR count). The molecule has 1 spiro atoms. The first-order chi connectivity index (χ1) is 10.1. The molecule has 2 saturated heterocycles. The molecule has 0 unspecified atom stereocenters. The van der Waals surface area contributed by atoms with E-state index in [0.717, 1.165) is 12.8 Å². The second-order valence-electron chi connectivity index (χ2n) is 5.55. The highest BCUT2D eigenvalue weighted by Gasteiger charge is 2.39. The fourth-order valence-electron chi connectivity index (χ4n) is 2.89. The van der Waals surface area contributed by atoms with E-state index in [1.54, 1.807) is 0 Å². The summed E-state index contributed by atoms with van der Waals surface area (Å²) in [6, 6.07) is 0. The van der Waals surface area contributed by atoms with Crippen LogP contribution in [0.1, 0.15) is 25.5 Å². The third-order valence-electron chi connectivity index (χ3n) is 4.27. The summed E-state index contributed by atoms with van der Waals surface area (Å²) in [5.41, 5.74) is 0.142. The molecule has 6 nitrogen and oxygen atoms in total. The van der Waals surface area contributed by atoms with Gasteiger partial charge in [-0.15, -0.1) is 0 Å². The van der Waals surface area contributed by atoms with Crippen LogP contribution in [-0.4, -0.2) is 47.7 Å². The Balaban J connectivity index is 1.70. The van der Waals surface area contributed by atoms with Crippen molar-refractivity contribution in [3.63, 3.8) is 0 Å². The van der Waals surface area contributed by atoms with Crippen molar-refractivity contribution >= 4 is 11.7 Å². The Hall–Kier alpha value is -1.76. The number of hydrogen-bond acceptors (Lipinski definition) is 5. The number of hydrogen-bond donors (Lipinski definition) is 1. The molecule has 1 aromatic rings. The maximum absolute atomic E-state index is 14.3. The molecule has 2 aliphatic heterocycles. The van der Waals surface area contributed by atoms with E-state index in [-0.39, 0.29) is 23.9 Å². The van der Waals surface area contributed by atoms with Crippen LogP contribution >= 0.6 is 0 Å². The second kappa shape index (κ2) is 5.55. The van der Waals surface area contributed by atoms with E-state index >= 15 is 0 Å². The van der Waals surface area contributed by atoms with Crippen molar-refractivity contribution in [1.29, 1.82) is 0 Å². The Morgan fingerprint density at radius 3 is 2.81 bits per heavy atom. The molecular weight excluding hydrogens is 275 g/mol. The molecule has 2 fully saturated rings. The van der Waals surface area contributed by atoms with Crippen LogP contribution in [0.2, 0.25) is 0 Å². The molecule has 1 amide bonds. The van der Waals surface area contributed by atoms with Crippen LogP contribution in [0.3, 0.4) is 0 Å². The van der Waals surface area contributed by atoms with E-state index in [4.69, 9.17) is 4.74 Å². The van der Waals surface area contributed by atoms with Crippen molar-refractivity contribution in [1.82, 2.24) is 15.3 Å². The Morgan fingerprint density at radius 1 is 1.43 bits per heavy atom. The first kappa shape index (κ1) is 14.2. The number of halogens is 1. The van der Waals surface area contributed by atoms with Gasteiger partial charge in [-0.1, -0.05) is 6.92 Å². The zero-order valence-electron chi connectivity index (χ0n) is 12.1. The lowest BCUT2D eigenvalue weighted by Crippen LogP contribution is -2.57. The van der Waals surface area contributed by atoms with Gasteiger partial charge in [-0.3, -0.25) is 4.79 Å². The van der Waals surface area contributed by atoms with Gasteiger partial charge >= 0.3 is 0 Å². The number of nitrogens with one attached hydrogen (secondary N) is 1. The van der Waals surface area contributed by atoms with Crippen molar-refractivity contribution in [2.45, 2.75) is 31.8 Å². The largest absolute Gasteiger partial charge is 0.363 e. The van der Waals surface area contributed by atoms with Crippen LogP contribution in [0.25, 0.3) is 0 Å². The topological polar surface area (TPSA) is 67.4 Å². The summed E-state index contributed by atoms with van der Waals surface area (Å²) in [4.78, 5) is 21.2. The number of aromatic nitrogens is 2. The standard InChI is InChI=1S/C14H19FN4O2/c1-2-10-12(15)13(18-9-17-10)19-5-3-14(4-6-19)8-16-11(20)7-21-14/h9H,2-8H2,1H3,(H,16,20). The highest BCUT2D eigenvalue weighted by Crippen LogP contribution is 2.30. The van der Waals surface area contributed by atoms with Gasteiger partial charge in [-0.25, -0.2) is 14.4 Å². The number of anilines is 1. The van der Waals surface area contributed by atoms with Crippen LogP contribution in [0.5, 0.6) is 0 Å². The van der Waals surface area contributed by atoms with Crippen molar-refractivity contribution in [2.24, 2.45) is 0 Å².